The van der Waals surface area contributed by atoms with Crippen LogP contribution in [0.15, 0.2) is 23.3 Å². The van der Waals surface area contributed by atoms with Gasteiger partial charge >= 0.3 is 0 Å². The SMILES string of the molecule is C/C(=C\CO[Si](C)(C)C(C)(C)C)CC/C=C(\C)CCCO. The fourth-order valence-corrected chi connectivity index (χ4v) is 2.65. The molecule has 0 heterocycles. The van der Waals surface area contributed by atoms with Crippen LogP contribution in [-0.2, 0) is 4.43 Å². The second-order valence-corrected chi connectivity index (χ2v) is 12.3. The molecule has 0 aromatic carbocycles. The van der Waals surface area contributed by atoms with E-state index in [-0.39, 0.29) is 11.6 Å². The quantitative estimate of drug-likeness (QED) is 0.453. The predicted octanol–water partition coefficient (Wildman–Crippen LogP) is 5.45. The van der Waals surface area contributed by atoms with E-state index in [0.717, 1.165) is 32.3 Å². The van der Waals surface area contributed by atoms with Crippen molar-refractivity contribution < 1.29 is 9.53 Å². The number of hydrogen-bond donors (Lipinski definition) is 1. The summed E-state index contributed by atoms with van der Waals surface area (Å²) in [6.07, 6.45) is 8.58. The molecule has 0 saturated carbocycles. The molecule has 0 aliphatic rings. The minimum Gasteiger partial charge on any atom is -0.413 e. The van der Waals surface area contributed by atoms with Gasteiger partial charge in [0.05, 0.1) is 6.61 Å². The maximum atomic E-state index is 8.80. The lowest BCUT2D eigenvalue weighted by molar-refractivity contribution is 0.288. The third-order valence-corrected chi connectivity index (χ3v) is 8.94. The fraction of sp³-hybridized carbons (Fsp3) is 0.778. The molecule has 3 heteroatoms. The summed E-state index contributed by atoms with van der Waals surface area (Å²) in [4.78, 5) is 0. The zero-order valence-electron chi connectivity index (χ0n) is 15.3. The molecule has 1 N–H and O–H groups in total. The minimum atomic E-state index is -1.62. The van der Waals surface area contributed by atoms with Crippen molar-refractivity contribution in [3.8, 4) is 0 Å². The van der Waals surface area contributed by atoms with Crippen molar-refractivity contribution >= 4 is 8.32 Å². The predicted molar refractivity (Wildman–Crippen MR) is 96.2 cm³/mol. The Kier molecular flexibility index (Phi) is 9.42. The van der Waals surface area contributed by atoms with Gasteiger partial charge in [-0.15, -0.1) is 0 Å². The number of rotatable bonds is 9. The van der Waals surface area contributed by atoms with Gasteiger partial charge in [-0.3, -0.25) is 0 Å². The van der Waals surface area contributed by atoms with Gasteiger partial charge in [-0.05, 0) is 57.7 Å². The number of aliphatic hydroxyl groups is 1. The topological polar surface area (TPSA) is 29.5 Å². The van der Waals surface area contributed by atoms with Crippen molar-refractivity contribution in [3.63, 3.8) is 0 Å². The van der Waals surface area contributed by atoms with Crippen LogP contribution in [0.4, 0.5) is 0 Å². The summed E-state index contributed by atoms with van der Waals surface area (Å²) in [7, 11) is -1.62. The molecule has 124 valence electrons. The van der Waals surface area contributed by atoms with Crippen molar-refractivity contribution in [2.24, 2.45) is 0 Å². The maximum absolute atomic E-state index is 8.80. The Morgan fingerprint density at radius 2 is 1.62 bits per heavy atom. The van der Waals surface area contributed by atoms with Gasteiger partial charge in [-0.1, -0.05) is 44.1 Å². The lowest BCUT2D eigenvalue weighted by Crippen LogP contribution is -2.40. The zero-order valence-corrected chi connectivity index (χ0v) is 16.3. The van der Waals surface area contributed by atoms with Crippen LogP contribution in [0.1, 0.15) is 60.3 Å². The highest BCUT2D eigenvalue weighted by molar-refractivity contribution is 6.74. The third kappa shape index (κ3) is 9.28. The molecule has 2 nitrogen and oxygen atoms in total. The molecule has 0 rings (SSSR count). The van der Waals surface area contributed by atoms with E-state index in [1.807, 2.05) is 0 Å². The molecule has 0 fully saturated rings. The Labute approximate surface area is 133 Å². The Hall–Kier alpha value is -0.383. The molecule has 0 aromatic rings. The minimum absolute atomic E-state index is 0.279. The van der Waals surface area contributed by atoms with Gasteiger partial charge in [-0.2, -0.15) is 0 Å². The van der Waals surface area contributed by atoms with E-state index in [1.165, 1.54) is 11.1 Å². The normalized spacial score (nSPS) is 14.7. The first-order valence-electron chi connectivity index (χ1n) is 8.16. The first-order chi connectivity index (χ1) is 9.60. The first-order valence-corrected chi connectivity index (χ1v) is 11.1. The molecule has 0 spiro atoms. The second kappa shape index (κ2) is 9.60. The van der Waals surface area contributed by atoms with Gasteiger partial charge in [0.2, 0.25) is 0 Å². The van der Waals surface area contributed by atoms with Gasteiger partial charge in [0.1, 0.15) is 0 Å². The molecule has 0 atom stereocenters. The summed E-state index contributed by atoms with van der Waals surface area (Å²) in [6, 6.07) is 0. The van der Waals surface area contributed by atoms with E-state index in [9.17, 15) is 0 Å². The van der Waals surface area contributed by atoms with Crippen LogP contribution in [-0.4, -0.2) is 26.6 Å². The summed E-state index contributed by atoms with van der Waals surface area (Å²) in [5.74, 6) is 0. The van der Waals surface area contributed by atoms with E-state index in [0.29, 0.717) is 0 Å². The molecular formula is C18H36O2Si. The molecule has 0 aliphatic heterocycles. The lowest BCUT2D eigenvalue weighted by atomic mass is 10.1. The summed E-state index contributed by atoms with van der Waals surface area (Å²) >= 11 is 0. The summed E-state index contributed by atoms with van der Waals surface area (Å²) < 4.78 is 6.16. The van der Waals surface area contributed by atoms with Crippen LogP contribution < -0.4 is 0 Å². The molecule has 0 amide bonds. The standard InChI is InChI=1S/C18H36O2Si/c1-16(12-9-14-19)10-8-11-17(2)13-15-20-21(6,7)18(3,4)5/h10,13,19H,8-9,11-12,14-15H2,1-7H3/b16-10+,17-13+. The highest BCUT2D eigenvalue weighted by Crippen LogP contribution is 2.36. The highest BCUT2D eigenvalue weighted by atomic mass is 28.4. The summed E-state index contributed by atoms with van der Waals surface area (Å²) in [5.41, 5.74) is 2.79. The average molecular weight is 313 g/mol. The van der Waals surface area contributed by atoms with E-state index in [4.69, 9.17) is 9.53 Å². The molecule has 0 aliphatic carbocycles. The fourth-order valence-electron chi connectivity index (χ4n) is 1.72. The zero-order chi connectivity index (χ0) is 16.5. The van der Waals surface area contributed by atoms with Gasteiger partial charge in [0.15, 0.2) is 8.32 Å². The lowest BCUT2D eigenvalue weighted by Gasteiger charge is -2.35. The maximum Gasteiger partial charge on any atom is 0.192 e. The molecule has 0 unspecified atom stereocenters. The molecule has 0 aromatic heterocycles. The second-order valence-electron chi connectivity index (χ2n) is 7.54. The highest BCUT2D eigenvalue weighted by Gasteiger charge is 2.36. The Balaban J connectivity index is 4.11. The van der Waals surface area contributed by atoms with Crippen molar-refractivity contribution in [1.29, 1.82) is 0 Å². The smallest absolute Gasteiger partial charge is 0.192 e. The Morgan fingerprint density at radius 1 is 1.05 bits per heavy atom. The van der Waals surface area contributed by atoms with Gasteiger partial charge in [0.25, 0.3) is 0 Å². The van der Waals surface area contributed by atoms with E-state index in [1.54, 1.807) is 0 Å². The average Bonchev–Trinajstić information content (AvgIpc) is 2.34. The van der Waals surface area contributed by atoms with E-state index < -0.39 is 8.32 Å². The van der Waals surface area contributed by atoms with Crippen LogP contribution in [0.5, 0.6) is 0 Å². The van der Waals surface area contributed by atoms with Crippen LogP contribution in [0.3, 0.4) is 0 Å². The molecule has 21 heavy (non-hydrogen) atoms. The monoisotopic (exact) mass is 312 g/mol. The van der Waals surface area contributed by atoms with Crippen molar-refractivity contribution in [2.45, 2.75) is 78.4 Å². The van der Waals surface area contributed by atoms with Gasteiger partial charge in [-0.25, -0.2) is 0 Å². The van der Waals surface area contributed by atoms with Crippen molar-refractivity contribution in [3.05, 3.63) is 23.3 Å². The number of aliphatic hydroxyl groups excluding tert-OH is 1. The van der Waals surface area contributed by atoms with Gasteiger partial charge < -0.3 is 9.53 Å². The van der Waals surface area contributed by atoms with Crippen molar-refractivity contribution in [2.75, 3.05) is 13.2 Å². The van der Waals surface area contributed by atoms with Crippen LogP contribution in [0, 0.1) is 0 Å². The Bertz CT molecular complexity index is 349. The summed E-state index contributed by atoms with van der Waals surface area (Å²) in [6.45, 7) is 16.8. The Morgan fingerprint density at radius 3 is 2.14 bits per heavy atom. The van der Waals surface area contributed by atoms with Crippen LogP contribution in [0.2, 0.25) is 18.1 Å². The van der Waals surface area contributed by atoms with Gasteiger partial charge in [0, 0.05) is 6.61 Å². The van der Waals surface area contributed by atoms with E-state index >= 15 is 0 Å². The molecular weight excluding hydrogens is 276 g/mol. The molecule has 0 bridgehead atoms. The van der Waals surface area contributed by atoms with Crippen molar-refractivity contribution in [1.82, 2.24) is 0 Å². The number of allylic oxidation sites excluding steroid dienone is 3. The summed E-state index contributed by atoms with van der Waals surface area (Å²) in [5, 5.41) is 9.08. The number of hydrogen-bond acceptors (Lipinski definition) is 2. The van der Waals surface area contributed by atoms with E-state index in [2.05, 4.69) is 59.9 Å². The largest absolute Gasteiger partial charge is 0.413 e. The molecule has 0 radical (unpaired) electrons. The first kappa shape index (κ1) is 20.6. The molecule has 0 saturated heterocycles. The van der Waals surface area contributed by atoms with Crippen LogP contribution in [0.25, 0.3) is 0 Å². The third-order valence-electron chi connectivity index (χ3n) is 4.44. The van der Waals surface area contributed by atoms with Crippen LogP contribution >= 0.6 is 0 Å².